The minimum Gasteiger partial charge on any atom is -0.383 e. The predicted octanol–water partition coefficient (Wildman–Crippen LogP) is -13.7. The third kappa shape index (κ3) is 29.4. The molecule has 7 aromatic heterocycles. The fourth-order valence-corrected chi connectivity index (χ4v) is 11.5. The number of carbonyl (C=O) groups excluding carboxylic acids is 13. The highest BCUT2D eigenvalue weighted by molar-refractivity contribution is 5.90. The van der Waals surface area contributed by atoms with Crippen molar-refractivity contribution in [2.24, 2.45) is 17.2 Å². The van der Waals surface area contributed by atoms with Crippen LogP contribution in [0.2, 0.25) is 0 Å². The summed E-state index contributed by atoms with van der Waals surface area (Å²) in [6, 6.07) is 2.81. The van der Waals surface area contributed by atoms with Crippen molar-refractivity contribution >= 4 is 111 Å². The third-order valence-electron chi connectivity index (χ3n) is 18.0. The van der Waals surface area contributed by atoms with Gasteiger partial charge in [-0.3, -0.25) is 105 Å². The molecule has 0 spiro atoms. The van der Waals surface area contributed by atoms with E-state index in [1.165, 1.54) is 55.3 Å². The summed E-state index contributed by atoms with van der Waals surface area (Å²) in [5, 5.41) is 15.3. The first-order chi connectivity index (χ1) is 57.9. The van der Waals surface area contributed by atoms with Gasteiger partial charge in [0.15, 0.2) is 11.5 Å². The van der Waals surface area contributed by atoms with Crippen molar-refractivity contribution in [1.82, 2.24) is 129 Å². The molecule has 0 fully saturated rings. The fraction of sp³-hybridized carbons (Fsp3) is 0.449. The smallest absolute Gasteiger partial charge is 0.349 e. The van der Waals surface area contributed by atoms with Crippen LogP contribution in [-0.2, 0) is 102 Å². The Hall–Kier alpha value is -15.2. The van der Waals surface area contributed by atoms with E-state index in [1.807, 2.05) is 0 Å². The topological polar surface area (TPSA) is 754 Å². The molecule has 22 N–H and O–H groups in total. The summed E-state index contributed by atoms with van der Waals surface area (Å²) < 4.78 is 5.68. The zero-order chi connectivity index (χ0) is 89.4. The minimum absolute atomic E-state index is 0.0315. The molecule has 0 saturated heterocycles. The third-order valence-corrected chi connectivity index (χ3v) is 18.0. The molecule has 0 bridgehead atoms. The Bertz CT molecular complexity index is 5460. The fourth-order valence-electron chi connectivity index (χ4n) is 11.5. The quantitative estimate of drug-likeness (QED) is 0.0158. The number of primary amides is 1. The van der Waals surface area contributed by atoms with E-state index in [4.69, 9.17) is 40.1 Å². The van der Waals surface area contributed by atoms with Crippen LogP contribution in [0.1, 0.15) is 30.4 Å². The van der Waals surface area contributed by atoms with Crippen LogP contribution in [0.25, 0.3) is 11.2 Å². The second-order valence-corrected chi connectivity index (χ2v) is 27.3. The van der Waals surface area contributed by atoms with Crippen molar-refractivity contribution in [3.05, 3.63) is 146 Å². The number of imidazole rings is 1. The standard InChI is InChI=1S/C69H95N33O20/c1-41-25-100(68(121)89-62(41)115)36-56(112)93(29-49(105)77-10-19-91(27-47(75)103)53(109)33-97-16-6-44(72)86-65(97)118)21-12-79-51(107)31-95(58(114)38-102-40-85-61-59(102)60(76)83-39-84-61)23-14-81-48(104)28-92(54(110)34-98-17-7-45(73)87-66(98)119)20-11-78-50(106)30-94(57(113)37-101-26-42(2)63(116)90-69(101)122)22-13-80-52(108)32-96(24-15-82-64(117)43(71)5-3-4-9-70)55(111)35-99-18-8-46(74)88-67(99)120/h6-8,16-18,25-26,39-40,43H,3-5,9-15,19-24,27-38,70-71H2,1-2H3,(H2,75,103)(H,77,105)(H,78,106)(H,79,107)(H,80,108)(H,81,104)(H,82,117)(H2,72,86,118)(H2,73,87,119)(H2,74,88,120)(H2,76,83,84)(H,89,115,121)(H,90,116,122)/t43-/m0/s1. The molecule has 1 atom stereocenters. The van der Waals surface area contributed by atoms with Crippen LogP contribution >= 0.6 is 0 Å². The van der Waals surface area contributed by atoms with Crippen molar-refractivity contribution in [3.8, 4) is 0 Å². The van der Waals surface area contributed by atoms with Crippen molar-refractivity contribution in [2.45, 2.75) is 78.4 Å². The number of aromatic nitrogens is 14. The van der Waals surface area contributed by atoms with E-state index in [0.29, 0.717) is 25.8 Å². The summed E-state index contributed by atoms with van der Waals surface area (Å²) in [4.78, 5) is 298. The highest BCUT2D eigenvalue weighted by Gasteiger charge is 2.28. The Kier molecular flexibility index (Phi) is 35.0. The van der Waals surface area contributed by atoms with Crippen molar-refractivity contribution in [2.75, 3.05) is 147 Å². The number of aryl methyl sites for hydroxylation is 2. The highest BCUT2D eigenvalue weighted by atomic mass is 16.2. The molecule has 0 radical (unpaired) electrons. The van der Waals surface area contributed by atoms with E-state index in [0.717, 1.165) is 77.2 Å². The van der Waals surface area contributed by atoms with Crippen molar-refractivity contribution < 1.29 is 62.3 Å². The second-order valence-electron chi connectivity index (χ2n) is 27.3. The first-order valence-corrected chi connectivity index (χ1v) is 37.5. The Labute approximate surface area is 688 Å². The molecule has 53 nitrogen and oxygen atoms in total. The number of amides is 13. The number of nitrogens with zero attached hydrogens (tertiary/aromatic N) is 18. The molecular weight excluding hydrogens is 1610 g/mol. The van der Waals surface area contributed by atoms with Gasteiger partial charge in [-0.1, -0.05) is 6.42 Å². The van der Waals surface area contributed by atoms with Gasteiger partial charge in [-0.2, -0.15) is 15.0 Å². The maximum absolute atomic E-state index is 14.4. The molecule has 0 aliphatic heterocycles. The van der Waals surface area contributed by atoms with E-state index in [9.17, 15) is 95.9 Å². The van der Waals surface area contributed by atoms with Gasteiger partial charge in [0.25, 0.3) is 11.1 Å². The number of aromatic amines is 2. The number of nitrogens with two attached hydrogens (primary N) is 7. The van der Waals surface area contributed by atoms with Gasteiger partial charge in [0.1, 0.15) is 68.6 Å². The van der Waals surface area contributed by atoms with Gasteiger partial charge in [0.05, 0.1) is 51.6 Å². The average molecular weight is 1710 g/mol. The molecule has 13 amide bonds. The molecular formula is C69H95N33O20. The summed E-state index contributed by atoms with van der Waals surface area (Å²) in [6.45, 7) is -10.3. The molecule has 7 heterocycles. The number of carbonyl (C=O) groups is 13. The van der Waals surface area contributed by atoms with Crippen LogP contribution in [0.3, 0.4) is 0 Å². The van der Waals surface area contributed by atoms with E-state index >= 15 is 0 Å². The van der Waals surface area contributed by atoms with E-state index in [2.05, 4.69) is 71.8 Å². The van der Waals surface area contributed by atoms with Gasteiger partial charge >= 0.3 is 28.4 Å². The predicted molar refractivity (Wildman–Crippen MR) is 428 cm³/mol. The highest BCUT2D eigenvalue weighted by Crippen LogP contribution is 2.16. The molecule has 7 aromatic rings. The summed E-state index contributed by atoms with van der Waals surface area (Å²) in [7, 11) is 0. The summed E-state index contributed by atoms with van der Waals surface area (Å²) in [6.07, 6.45) is 9.58. The van der Waals surface area contributed by atoms with E-state index in [-0.39, 0.29) is 71.7 Å². The number of nitrogens with one attached hydrogen (secondary N) is 8. The molecule has 7 rings (SSSR count). The maximum atomic E-state index is 14.4. The van der Waals surface area contributed by atoms with Crippen LogP contribution < -0.4 is 112 Å². The lowest BCUT2D eigenvalue weighted by atomic mass is 10.1. The van der Waals surface area contributed by atoms with Crippen LogP contribution in [-0.4, -0.2) is 304 Å². The number of hydrogen-bond acceptors (Lipinski definition) is 32. The first kappa shape index (κ1) is 93.9. The zero-order valence-electron chi connectivity index (χ0n) is 66.4. The molecule has 0 unspecified atom stereocenters. The lowest BCUT2D eigenvalue weighted by Gasteiger charge is -2.26. The van der Waals surface area contributed by atoms with E-state index in [1.54, 1.807) is 0 Å². The number of hydrogen-bond donors (Lipinski definition) is 15. The molecule has 122 heavy (non-hydrogen) atoms. The molecule has 0 aliphatic carbocycles. The molecule has 0 saturated carbocycles. The second kappa shape index (κ2) is 45.5. The largest absolute Gasteiger partial charge is 0.383 e. The van der Waals surface area contributed by atoms with E-state index < -0.39 is 253 Å². The summed E-state index contributed by atoms with van der Waals surface area (Å²) in [5.74, 6) is -11.5. The number of H-pyrrole nitrogens is 2. The maximum Gasteiger partial charge on any atom is 0.349 e. The first-order valence-electron chi connectivity index (χ1n) is 37.5. The Morgan fingerprint density at radius 1 is 0.418 bits per heavy atom. The van der Waals surface area contributed by atoms with Gasteiger partial charge in [-0.15, -0.1) is 0 Å². The summed E-state index contributed by atoms with van der Waals surface area (Å²) in [5.41, 5.74) is 34.1. The van der Waals surface area contributed by atoms with Gasteiger partial charge < -0.3 is 106 Å². The van der Waals surface area contributed by atoms with Crippen molar-refractivity contribution in [3.63, 3.8) is 0 Å². The average Bonchev–Trinajstić information content (AvgIpc) is 1.67. The number of fused-ring (bicyclic) bond motifs is 1. The minimum atomic E-state index is -0.997. The molecule has 0 aliphatic rings. The monoisotopic (exact) mass is 1710 g/mol. The molecule has 656 valence electrons. The number of rotatable bonds is 47. The number of unbranched alkanes of at least 4 members (excludes halogenated alkanes) is 1. The van der Waals surface area contributed by atoms with Gasteiger partial charge in [-0.05, 0) is 51.4 Å². The summed E-state index contributed by atoms with van der Waals surface area (Å²) >= 11 is 0. The zero-order valence-corrected chi connectivity index (χ0v) is 66.4. The van der Waals surface area contributed by atoms with Gasteiger partial charge in [0.2, 0.25) is 76.8 Å². The van der Waals surface area contributed by atoms with Gasteiger partial charge in [0, 0.05) is 121 Å². The van der Waals surface area contributed by atoms with Crippen molar-refractivity contribution in [1.29, 1.82) is 0 Å². The Morgan fingerprint density at radius 3 is 1.05 bits per heavy atom. The lowest BCUT2D eigenvalue weighted by Crippen LogP contribution is -2.50. The van der Waals surface area contributed by atoms with Crippen LogP contribution in [0.15, 0.2) is 95.4 Å². The van der Waals surface area contributed by atoms with Gasteiger partial charge in [-0.25, -0.2) is 38.9 Å². The van der Waals surface area contributed by atoms with Crippen LogP contribution in [0.4, 0.5) is 23.3 Å². The normalized spacial score (nSPS) is 11.2. The number of nitrogen functional groups attached to an aromatic ring is 4. The van der Waals surface area contributed by atoms with Crippen LogP contribution in [0, 0.1) is 13.8 Å². The molecule has 0 aromatic carbocycles. The molecule has 53 heteroatoms. The Morgan fingerprint density at radius 2 is 0.730 bits per heavy atom. The SMILES string of the molecule is Cc1cn(CC(=O)N(CCNC(=O)CN(CCNC(=O)CN(CCNC(=O)CN(CCNC(=O)CN(CCNC(=O)[C@@H](N)CCCCN)C(=O)Cn2ccc(N)nc2=O)C(=O)Cn2cc(C)c(=O)[nH]c2=O)C(=O)Cn2ccc(N)nc2=O)C(=O)Cn2cnc3ncnc(N)c32)CC(=O)NCCN(CC(N)=O)C(=O)Cn2ccc(N)nc2=O)c(=O)[nH]c1=O. The number of anilines is 4. The van der Waals surface area contributed by atoms with Crippen LogP contribution in [0.5, 0.6) is 0 Å². The Balaban J connectivity index is 1.03. The lowest BCUT2D eigenvalue weighted by molar-refractivity contribution is -0.138.